The number of anilines is 1. The fourth-order valence-electron chi connectivity index (χ4n) is 2.22. The number of H-pyrrole nitrogens is 1. The largest absolute Gasteiger partial charge is 0.360 e. The Balaban J connectivity index is 1.90. The lowest BCUT2D eigenvalue weighted by atomic mass is 10.1. The molecule has 3 rings (SSSR count). The maximum Gasteiger partial charge on any atom is 0.150 e. The zero-order chi connectivity index (χ0) is 15.5. The van der Waals surface area contributed by atoms with E-state index in [1.165, 1.54) is 11.1 Å². The highest BCUT2D eigenvalue weighted by molar-refractivity contribution is 5.82. The number of aromatic nitrogens is 2. The van der Waals surface area contributed by atoms with Gasteiger partial charge in [0.25, 0.3) is 0 Å². The van der Waals surface area contributed by atoms with Gasteiger partial charge in [0, 0.05) is 11.9 Å². The van der Waals surface area contributed by atoms with Crippen molar-refractivity contribution >= 4 is 22.3 Å². The second-order valence-electron chi connectivity index (χ2n) is 5.22. The first kappa shape index (κ1) is 13.9. The van der Waals surface area contributed by atoms with Crippen LogP contribution in [0.5, 0.6) is 0 Å². The summed E-state index contributed by atoms with van der Waals surface area (Å²) in [4.78, 5) is 7.60. The summed E-state index contributed by atoms with van der Waals surface area (Å²) in [6.07, 6.45) is 1.68. The molecular weight excluding hydrogens is 272 g/mol. The average molecular weight is 288 g/mol. The molecule has 0 saturated heterocycles. The summed E-state index contributed by atoms with van der Waals surface area (Å²) in [7, 11) is 0. The third kappa shape index (κ3) is 2.70. The second kappa shape index (κ2) is 5.74. The molecule has 0 saturated carbocycles. The highest BCUT2D eigenvalue weighted by Crippen LogP contribution is 2.18. The molecule has 0 spiro atoms. The zero-order valence-electron chi connectivity index (χ0n) is 12.5. The Morgan fingerprint density at radius 2 is 2.00 bits per heavy atom. The molecule has 0 fully saturated rings. The van der Waals surface area contributed by atoms with Crippen LogP contribution in [0.3, 0.4) is 0 Å². The van der Waals surface area contributed by atoms with Crippen LogP contribution in [0, 0.1) is 25.2 Å². The summed E-state index contributed by atoms with van der Waals surface area (Å²) in [5.74, 6) is 0.569. The molecule has 108 valence electrons. The first-order valence-corrected chi connectivity index (χ1v) is 7.06. The number of aromatic amines is 1. The summed E-state index contributed by atoms with van der Waals surface area (Å²) in [5.41, 5.74) is 5.64. The fourth-order valence-corrected chi connectivity index (χ4v) is 2.22. The number of nitrogens with zero attached hydrogens (tertiary/aromatic N) is 2. The first-order chi connectivity index (χ1) is 10.7. The molecule has 1 heterocycles. The van der Waals surface area contributed by atoms with Crippen LogP contribution in [-0.4, -0.2) is 9.97 Å². The Morgan fingerprint density at radius 1 is 1.18 bits per heavy atom. The van der Waals surface area contributed by atoms with Crippen LogP contribution in [0.4, 0.5) is 5.69 Å². The molecule has 0 radical (unpaired) electrons. The Hall–Kier alpha value is -3.06. The van der Waals surface area contributed by atoms with Crippen molar-refractivity contribution in [1.82, 2.24) is 9.97 Å². The summed E-state index contributed by atoms with van der Waals surface area (Å²) in [6, 6.07) is 16.0. The molecule has 0 unspecified atom stereocenters. The number of aryl methyl sites for hydroxylation is 2. The molecule has 4 nitrogen and oxygen atoms in total. The minimum absolute atomic E-state index is 0.467. The van der Waals surface area contributed by atoms with Gasteiger partial charge in [-0.2, -0.15) is 5.26 Å². The van der Waals surface area contributed by atoms with Crippen molar-refractivity contribution < 1.29 is 0 Å². The van der Waals surface area contributed by atoms with Gasteiger partial charge in [-0.05, 0) is 49.2 Å². The number of hydrogen-bond donors (Lipinski definition) is 2. The molecular formula is C18H16N4. The normalized spacial score (nSPS) is 11.4. The number of para-hydroxylation sites is 2. The third-order valence-corrected chi connectivity index (χ3v) is 3.66. The van der Waals surface area contributed by atoms with Gasteiger partial charge < -0.3 is 10.3 Å². The second-order valence-corrected chi connectivity index (χ2v) is 5.22. The number of benzene rings is 2. The molecule has 0 amide bonds. The van der Waals surface area contributed by atoms with Crippen molar-refractivity contribution in [3.8, 4) is 6.07 Å². The van der Waals surface area contributed by atoms with Crippen LogP contribution >= 0.6 is 0 Å². The molecule has 4 heteroatoms. The summed E-state index contributed by atoms with van der Waals surface area (Å²) in [5, 5.41) is 12.5. The van der Waals surface area contributed by atoms with Crippen molar-refractivity contribution in [3.05, 3.63) is 65.6 Å². The number of nitriles is 1. The Morgan fingerprint density at radius 3 is 2.73 bits per heavy atom. The van der Waals surface area contributed by atoms with Gasteiger partial charge in [-0.25, -0.2) is 4.98 Å². The Labute approximate surface area is 129 Å². The van der Waals surface area contributed by atoms with Crippen molar-refractivity contribution in [2.45, 2.75) is 13.8 Å². The van der Waals surface area contributed by atoms with E-state index in [1.807, 2.05) is 30.3 Å². The van der Waals surface area contributed by atoms with E-state index >= 15 is 0 Å². The van der Waals surface area contributed by atoms with Gasteiger partial charge in [0.05, 0.1) is 11.0 Å². The number of hydrogen-bond acceptors (Lipinski definition) is 3. The third-order valence-electron chi connectivity index (χ3n) is 3.66. The molecule has 1 aromatic heterocycles. The molecule has 0 aliphatic carbocycles. The van der Waals surface area contributed by atoms with Gasteiger partial charge >= 0.3 is 0 Å². The minimum atomic E-state index is 0.467. The quantitative estimate of drug-likeness (QED) is 0.711. The van der Waals surface area contributed by atoms with Gasteiger partial charge in [0.1, 0.15) is 11.6 Å². The summed E-state index contributed by atoms with van der Waals surface area (Å²) >= 11 is 0. The summed E-state index contributed by atoms with van der Waals surface area (Å²) < 4.78 is 0. The highest BCUT2D eigenvalue weighted by atomic mass is 14.9. The molecule has 2 N–H and O–H groups in total. The Kier molecular flexibility index (Phi) is 3.63. The van der Waals surface area contributed by atoms with Crippen molar-refractivity contribution in [3.63, 3.8) is 0 Å². The number of nitrogens with one attached hydrogen (secondary N) is 2. The van der Waals surface area contributed by atoms with Crippen LogP contribution in [-0.2, 0) is 0 Å². The van der Waals surface area contributed by atoms with Crippen molar-refractivity contribution in [1.29, 1.82) is 5.26 Å². The van der Waals surface area contributed by atoms with Crippen LogP contribution < -0.4 is 5.32 Å². The van der Waals surface area contributed by atoms with Gasteiger partial charge in [-0.3, -0.25) is 0 Å². The molecule has 3 aromatic rings. The van der Waals surface area contributed by atoms with E-state index in [9.17, 15) is 5.26 Å². The standard InChI is InChI=1S/C18H16N4/c1-12-7-8-15(9-13(12)2)20-11-14(10-19)18-21-16-5-3-4-6-17(16)22-18/h3-9,11,20H,1-2H3,(H,21,22). The first-order valence-electron chi connectivity index (χ1n) is 7.06. The maximum atomic E-state index is 9.36. The van der Waals surface area contributed by atoms with E-state index < -0.39 is 0 Å². The molecule has 0 bridgehead atoms. The van der Waals surface area contributed by atoms with Crippen LogP contribution in [0.15, 0.2) is 48.7 Å². The van der Waals surface area contributed by atoms with E-state index in [0.717, 1.165) is 16.7 Å². The van der Waals surface area contributed by atoms with Crippen LogP contribution in [0.1, 0.15) is 17.0 Å². The number of allylic oxidation sites excluding steroid dienone is 1. The van der Waals surface area contributed by atoms with Gasteiger partial charge in [-0.15, -0.1) is 0 Å². The fraction of sp³-hybridized carbons (Fsp3) is 0.111. The molecule has 22 heavy (non-hydrogen) atoms. The van der Waals surface area contributed by atoms with Crippen LogP contribution in [0.2, 0.25) is 0 Å². The highest BCUT2D eigenvalue weighted by Gasteiger charge is 2.07. The van der Waals surface area contributed by atoms with E-state index in [1.54, 1.807) is 6.20 Å². The van der Waals surface area contributed by atoms with Crippen LogP contribution in [0.25, 0.3) is 16.6 Å². The number of imidazole rings is 1. The van der Waals surface area contributed by atoms with Gasteiger partial charge in [-0.1, -0.05) is 18.2 Å². The predicted molar refractivity (Wildman–Crippen MR) is 89.2 cm³/mol. The van der Waals surface area contributed by atoms with E-state index in [2.05, 4.69) is 47.3 Å². The SMILES string of the molecule is Cc1ccc(NC=C(C#N)c2nc3ccccc3[nH]2)cc1C. The predicted octanol–water partition coefficient (Wildman–Crippen LogP) is 4.16. The topological polar surface area (TPSA) is 64.5 Å². The smallest absolute Gasteiger partial charge is 0.150 e. The monoisotopic (exact) mass is 288 g/mol. The number of rotatable bonds is 3. The molecule has 0 atom stereocenters. The van der Waals surface area contributed by atoms with E-state index in [4.69, 9.17) is 0 Å². The van der Waals surface area contributed by atoms with Crippen molar-refractivity contribution in [2.75, 3.05) is 5.32 Å². The minimum Gasteiger partial charge on any atom is -0.360 e. The molecule has 0 aliphatic heterocycles. The zero-order valence-corrected chi connectivity index (χ0v) is 12.5. The number of fused-ring (bicyclic) bond motifs is 1. The lowest BCUT2D eigenvalue weighted by molar-refractivity contribution is 1.27. The average Bonchev–Trinajstić information content (AvgIpc) is 2.95. The van der Waals surface area contributed by atoms with Gasteiger partial charge in [0.2, 0.25) is 0 Å². The van der Waals surface area contributed by atoms with E-state index in [0.29, 0.717) is 11.4 Å². The van der Waals surface area contributed by atoms with E-state index in [-0.39, 0.29) is 0 Å². The molecule has 0 aliphatic rings. The molecule has 2 aromatic carbocycles. The Bertz CT molecular complexity index is 864. The summed E-state index contributed by atoms with van der Waals surface area (Å²) in [6.45, 7) is 4.14. The lowest BCUT2D eigenvalue weighted by Gasteiger charge is -2.05. The lowest BCUT2D eigenvalue weighted by Crippen LogP contribution is -1.93. The van der Waals surface area contributed by atoms with Gasteiger partial charge in [0.15, 0.2) is 5.82 Å². The van der Waals surface area contributed by atoms with Crippen molar-refractivity contribution in [2.24, 2.45) is 0 Å². The maximum absolute atomic E-state index is 9.36.